The number of benzene rings is 3. The zero-order valence-corrected chi connectivity index (χ0v) is 15.3. The first-order valence-corrected chi connectivity index (χ1v) is 8.80. The lowest BCUT2D eigenvalue weighted by Crippen LogP contribution is -2.30. The summed E-state index contributed by atoms with van der Waals surface area (Å²) >= 11 is 0. The molecule has 138 valence electrons. The molecule has 1 amide bonds. The van der Waals surface area contributed by atoms with Crippen LogP contribution in [0.15, 0.2) is 66.7 Å². The molecule has 3 rings (SSSR count). The minimum absolute atomic E-state index is 0.271. The number of ether oxygens (including phenoxy) is 2. The highest BCUT2D eigenvalue weighted by molar-refractivity contribution is 5.96. The monoisotopic (exact) mass is 363 g/mol. The number of amides is 1. The van der Waals surface area contributed by atoms with E-state index in [0.717, 1.165) is 10.8 Å². The third-order valence-electron chi connectivity index (χ3n) is 4.04. The van der Waals surface area contributed by atoms with Gasteiger partial charge in [-0.2, -0.15) is 0 Å². The maximum Gasteiger partial charge on any atom is 0.338 e. The molecule has 0 aromatic heterocycles. The third-order valence-corrected chi connectivity index (χ3v) is 4.04. The van der Waals surface area contributed by atoms with E-state index in [-0.39, 0.29) is 5.91 Å². The topological polar surface area (TPSA) is 64.6 Å². The van der Waals surface area contributed by atoms with Gasteiger partial charge in [0.15, 0.2) is 6.10 Å². The van der Waals surface area contributed by atoms with E-state index >= 15 is 0 Å². The summed E-state index contributed by atoms with van der Waals surface area (Å²) in [5, 5.41) is 5.01. The lowest BCUT2D eigenvalue weighted by atomic mass is 10.1. The average Bonchev–Trinajstić information content (AvgIpc) is 2.68. The summed E-state index contributed by atoms with van der Waals surface area (Å²) in [5.41, 5.74) is 1.09. The molecule has 0 saturated carbocycles. The fraction of sp³-hybridized carbons (Fsp3) is 0.182. The van der Waals surface area contributed by atoms with Crippen molar-refractivity contribution in [3.63, 3.8) is 0 Å². The van der Waals surface area contributed by atoms with Gasteiger partial charge in [0.1, 0.15) is 5.75 Å². The quantitative estimate of drug-likeness (QED) is 0.658. The first kappa shape index (κ1) is 18.5. The van der Waals surface area contributed by atoms with Crippen LogP contribution in [0.25, 0.3) is 10.8 Å². The summed E-state index contributed by atoms with van der Waals surface area (Å²) in [6.07, 6.45) is -0.728. The second kappa shape index (κ2) is 8.36. The van der Waals surface area contributed by atoms with Gasteiger partial charge in [0, 0.05) is 5.69 Å². The van der Waals surface area contributed by atoms with Crippen molar-refractivity contribution >= 4 is 28.3 Å². The standard InChI is InChI=1S/C22H21NO4/c1-3-26-22(25)18-9-6-10-20(14-18)27-15(2)21(24)23-19-12-11-16-7-4-5-8-17(16)13-19/h4-15H,3H2,1-2H3,(H,23,24)/t15-/m1/s1. The van der Waals surface area contributed by atoms with E-state index in [1.165, 1.54) is 0 Å². The van der Waals surface area contributed by atoms with Gasteiger partial charge in [0.2, 0.25) is 0 Å². The lowest BCUT2D eigenvalue weighted by Gasteiger charge is -2.15. The number of anilines is 1. The Bertz CT molecular complexity index is 967. The maximum absolute atomic E-state index is 12.4. The number of nitrogens with one attached hydrogen (secondary N) is 1. The molecule has 1 atom stereocenters. The SMILES string of the molecule is CCOC(=O)c1cccc(O[C@H](C)C(=O)Nc2ccc3ccccc3c2)c1. The number of fused-ring (bicyclic) bond motifs is 1. The second-order valence-corrected chi connectivity index (χ2v) is 6.06. The normalized spacial score (nSPS) is 11.6. The van der Waals surface area contributed by atoms with Crippen LogP contribution in [0.2, 0.25) is 0 Å². The van der Waals surface area contributed by atoms with Gasteiger partial charge in [-0.05, 0) is 55.0 Å². The van der Waals surface area contributed by atoms with Crippen LogP contribution >= 0.6 is 0 Å². The van der Waals surface area contributed by atoms with E-state index in [2.05, 4.69) is 5.32 Å². The molecular weight excluding hydrogens is 342 g/mol. The lowest BCUT2D eigenvalue weighted by molar-refractivity contribution is -0.122. The molecular formula is C22H21NO4. The first-order chi connectivity index (χ1) is 13.1. The number of rotatable bonds is 6. The highest BCUT2D eigenvalue weighted by atomic mass is 16.5. The molecule has 0 fully saturated rings. The van der Waals surface area contributed by atoms with Crippen LogP contribution in [0.1, 0.15) is 24.2 Å². The van der Waals surface area contributed by atoms with Crippen LogP contribution in [-0.4, -0.2) is 24.6 Å². The molecule has 0 aliphatic carbocycles. The highest BCUT2D eigenvalue weighted by Gasteiger charge is 2.16. The number of carbonyl (C=O) groups is 2. The van der Waals surface area contributed by atoms with Gasteiger partial charge in [0.05, 0.1) is 12.2 Å². The minimum Gasteiger partial charge on any atom is -0.481 e. The van der Waals surface area contributed by atoms with Crippen LogP contribution in [-0.2, 0) is 9.53 Å². The van der Waals surface area contributed by atoms with Crippen LogP contribution in [0, 0.1) is 0 Å². The Labute approximate surface area is 157 Å². The van der Waals surface area contributed by atoms with Crippen LogP contribution in [0.3, 0.4) is 0 Å². The fourth-order valence-corrected chi connectivity index (χ4v) is 2.68. The van der Waals surface area contributed by atoms with Crippen molar-refractivity contribution in [2.75, 3.05) is 11.9 Å². The molecule has 0 bridgehead atoms. The third kappa shape index (κ3) is 4.64. The van der Waals surface area contributed by atoms with Gasteiger partial charge in [-0.3, -0.25) is 4.79 Å². The van der Waals surface area contributed by atoms with E-state index in [1.807, 2.05) is 42.5 Å². The molecule has 0 aliphatic heterocycles. The van der Waals surface area contributed by atoms with Gasteiger partial charge in [-0.25, -0.2) is 4.79 Å². The van der Waals surface area contributed by atoms with Crippen molar-refractivity contribution in [1.82, 2.24) is 0 Å². The van der Waals surface area contributed by atoms with Gasteiger partial charge >= 0.3 is 5.97 Å². The van der Waals surface area contributed by atoms with Gasteiger partial charge in [0.25, 0.3) is 5.91 Å². The Morgan fingerprint density at radius 2 is 1.74 bits per heavy atom. The second-order valence-electron chi connectivity index (χ2n) is 6.06. The Morgan fingerprint density at radius 1 is 0.963 bits per heavy atom. The zero-order valence-electron chi connectivity index (χ0n) is 15.3. The summed E-state index contributed by atoms with van der Waals surface area (Å²) in [4.78, 5) is 24.3. The summed E-state index contributed by atoms with van der Waals surface area (Å²) < 4.78 is 10.7. The number of esters is 1. The molecule has 0 aliphatic rings. The van der Waals surface area contributed by atoms with Crippen molar-refractivity contribution in [1.29, 1.82) is 0 Å². The summed E-state index contributed by atoms with van der Waals surface area (Å²) in [7, 11) is 0. The van der Waals surface area contributed by atoms with Crippen LogP contribution in [0.4, 0.5) is 5.69 Å². The average molecular weight is 363 g/mol. The molecule has 3 aromatic rings. The van der Waals surface area contributed by atoms with Gasteiger partial charge in [-0.1, -0.05) is 36.4 Å². The summed E-state index contributed by atoms with van der Waals surface area (Å²) in [6, 6.07) is 20.3. The predicted molar refractivity (Wildman–Crippen MR) is 105 cm³/mol. The molecule has 0 unspecified atom stereocenters. The van der Waals surface area contributed by atoms with Crippen molar-refractivity contribution in [2.24, 2.45) is 0 Å². The molecule has 0 heterocycles. The number of hydrogen-bond acceptors (Lipinski definition) is 4. The Morgan fingerprint density at radius 3 is 2.52 bits per heavy atom. The smallest absolute Gasteiger partial charge is 0.338 e. The van der Waals surface area contributed by atoms with Crippen molar-refractivity contribution in [2.45, 2.75) is 20.0 Å². The van der Waals surface area contributed by atoms with E-state index in [1.54, 1.807) is 38.1 Å². The van der Waals surface area contributed by atoms with Crippen molar-refractivity contribution in [3.05, 3.63) is 72.3 Å². The van der Waals surface area contributed by atoms with E-state index in [9.17, 15) is 9.59 Å². The first-order valence-electron chi connectivity index (χ1n) is 8.80. The molecule has 27 heavy (non-hydrogen) atoms. The molecule has 0 radical (unpaired) electrons. The van der Waals surface area contributed by atoms with Crippen LogP contribution < -0.4 is 10.1 Å². The number of hydrogen-bond donors (Lipinski definition) is 1. The largest absolute Gasteiger partial charge is 0.481 e. The van der Waals surface area contributed by atoms with Crippen molar-refractivity contribution in [3.8, 4) is 5.75 Å². The van der Waals surface area contributed by atoms with Crippen LogP contribution in [0.5, 0.6) is 5.75 Å². The van der Waals surface area contributed by atoms with E-state index in [0.29, 0.717) is 23.6 Å². The summed E-state index contributed by atoms with van der Waals surface area (Å²) in [6.45, 7) is 3.71. The van der Waals surface area contributed by atoms with Gasteiger partial charge < -0.3 is 14.8 Å². The zero-order chi connectivity index (χ0) is 19.2. The minimum atomic E-state index is -0.728. The van der Waals surface area contributed by atoms with Crippen molar-refractivity contribution < 1.29 is 19.1 Å². The molecule has 0 saturated heterocycles. The van der Waals surface area contributed by atoms with E-state index in [4.69, 9.17) is 9.47 Å². The predicted octanol–water partition coefficient (Wildman–Crippen LogP) is 4.42. The number of carbonyl (C=O) groups excluding carboxylic acids is 2. The maximum atomic E-state index is 12.4. The highest BCUT2D eigenvalue weighted by Crippen LogP contribution is 2.20. The Balaban J connectivity index is 1.66. The Kier molecular flexibility index (Phi) is 5.71. The molecule has 0 spiro atoms. The Hall–Kier alpha value is -3.34. The molecule has 3 aromatic carbocycles. The molecule has 5 nitrogen and oxygen atoms in total. The summed E-state index contributed by atoms with van der Waals surface area (Å²) in [5.74, 6) is -0.259. The fourth-order valence-electron chi connectivity index (χ4n) is 2.68. The molecule has 5 heteroatoms. The van der Waals surface area contributed by atoms with E-state index < -0.39 is 12.1 Å². The van der Waals surface area contributed by atoms with Gasteiger partial charge in [-0.15, -0.1) is 0 Å². The molecule has 1 N–H and O–H groups in total.